The molecule has 2 aromatic rings. The van der Waals surface area contributed by atoms with Crippen LogP contribution >= 0.6 is 0 Å². The molecule has 106 valence electrons. The molecule has 0 aliphatic heterocycles. The Morgan fingerprint density at radius 1 is 0.950 bits per heavy atom. The van der Waals surface area contributed by atoms with Crippen molar-refractivity contribution in [1.29, 1.82) is 0 Å². The minimum absolute atomic E-state index is 0.930. The van der Waals surface area contributed by atoms with Gasteiger partial charge in [0.05, 0.1) is 0 Å². The first-order chi connectivity index (χ1) is 9.58. The van der Waals surface area contributed by atoms with Gasteiger partial charge in [-0.1, -0.05) is 74.9 Å². The van der Waals surface area contributed by atoms with Gasteiger partial charge in [-0.2, -0.15) is 0 Å². The van der Waals surface area contributed by atoms with Gasteiger partial charge in [0.25, 0.3) is 0 Å². The standard InChI is InChI=1S/C16H17N.C3H8/c1-12-8-10-15(11-9-12)14(3)17-16-7-5-4-6-13(16)2;1-3-2/h4-11,17H,3H2,1-2H3;3H2,1-2H3. The van der Waals surface area contributed by atoms with Crippen LogP contribution in [0.4, 0.5) is 5.69 Å². The van der Waals surface area contributed by atoms with Gasteiger partial charge in [0.15, 0.2) is 0 Å². The molecule has 0 bridgehead atoms. The van der Waals surface area contributed by atoms with Crippen LogP contribution in [-0.4, -0.2) is 0 Å². The second-order valence-corrected chi connectivity index (χ2v) is 4.99. The molecule has 0 spiro atoms. The molecule has 0 aliphatic rings. The number of rotatable bonds is 3. The Hall–Kier alpha value is -2.02. The van der Waals surface area contributed by atoms with Crippen LogP contribution in [0.5, 0.6) is 0 Å². The van der Waals surface area contributed by atoms with E-state index in [1.807, 2.05) is 12.1 Å². The van der Waals surface area contributed by atoms with Crippen LogP contribution in [0.1, 0.15) is 37.0 Å². The molecule has 1 heteroatoms. The van der Waals surface area contributed by atoms with Crippen LogP contribution in [0, 0.1) is 13.8 Å². The third-order valence-electron chi connectivity index (χ3n) is 2.83. The molecule has 20 heavy (non-hydrogen) atoms. The summed E-state index contributed by atoms with van der Waals surface area (Å²) in [6.45, 7) is 12.5. The number of hydrogen-bond acceptors (Lipinski definition) is 1. The molecule has 0 heterocycles. The van der Waals surface area contributed by atoms with E-state index in [9.17, 15) is 0 Å². The van der Waals surface area contributed by atoms with E-state index in [4.69, 9.17) is 0 Å². The maximum atomic E-state index is 4.08. The van der Waals surface area contributed by atoms with E-state index in [1.165, 1.54) is 17.5 Å². The lowest BCUT2D eigenvalue weighted by Crippen LogP contribution is -1.98. The first kappa shape index (κ1) is 16.0. The zero-order valence-corrected chi connectivity index (χ0v) is 13.0. The second-order valence-electron chi connectivity index (χ2n) is 4.99. The van der Waals surface area contributed by atoms with Gasteiger partial charge in [0, 0.05) is 11.4 Å². The minimum Gasteiger partial charge on any atom is -0.355 e. The summed E-state index contributed by atoms with van der Waals surface area (Å²) in [5.74, 6) is 0. The Kier molecular flexibility index (Phi) is 6.58. The monoisotopic (exact) mass is 267 g/mol. The summed E-state index contributed by atoms with van der Waals surface area (Å²) >= 11 is 0. The highest BCUT2D eigenvalue weighted by Crippen LogP contribution is 2.20. The first-order valence-electron chi connectivity index (χ1n) is 7.17. The van der Waals surface area contributed by atoms with Crippen LogP contribution in [0.25, 0.3) is 5.70 Å². The average molecular weight is 267 g/mol. The van der Waals surface area contributed by atoms with Gasteiger partial charge >= 0.3 is 0 Å². The highest BCUT2D eigenvalue weighted by molar-refractivity contribution is 5.76. The van der Waals surface area contributed by atoms with E-state index in [0.29, 0.717) is 0 Å². The maximum Gasteiger partial charge on any atom is 0.0413 e. The molecule has 0 aromatic heterocycles. The lowest BCUT2D eigenvalue weighted by molar-refractivity contribution is 1.09. The number of para-hydroxylation sites is 1. The fourth-order valence-electron chi connectivity index (χ4n) is 1.70. The average Bonchev–Trinajstić information content (AvgIpc) is 2.43. The van der Waals surface area contributed by atoms with Crippen molar-refractivity contribution in [2.75, 3.05) is 5.32 Å². The van der Waals surface area contributed by atoms with E-state index in [-0.39, 0.29) is 0 Å². The molecule has 2 aromatic carbocycles. The third-order valence-corrected chi connectivity index (χ3v) is 2.83. The highest BCUT2D eigenvalue weighted by atomic mass is 14.9. The van der Waals surface area contributed by atoms with Gasteiger partial charge in [-0.3, -0.25) is 0 Å². The SMILES string of the molecule is C=C(Nc1ccccc1C)c1ccc(C)cc1.CCC. The molecule has 0 fully saturated rings. The van der Waals surface area contributed by atoms with E-state index in [0.717, 1.165) is 16.9 Å². The van der Waals surface area contributed by atoms with Gasteiger partial charge < -0.3 is 5.32 Å². The topological polar surface area (TPSA) is 12.0 Å². The summed E-state index contributed by atoms with van der Waals surface area (Å²) in [5.41, 5.74) is 5.65. The number of nitrogens with one attached hydrogen (secondary N) is 1. The molecular formula is C19H25N. The largest absolute Gasteiger partial charge is 0.355 e. The molecule has 1 N–H and O–H groups in total. The zero-order chi connectivity index (χ0) is 15.0. The lowest BCUT2D eigenvalue weighted by atomic mass is 10.1. The summed E-state index contributed by atoms with van der Waals surface area (Å²) in [6, 6.07) is 16.6. The molecule has 0 saturated carbocycles. The lowest BCUT2D eigenvalue weighted by Gasteiger charge is -2.12. The van der Waals surface area contributed by atoms with Gasteiger partial charge in [-0.25, -0.2) is 0 Å². The van der Waals surface area contributed by atoms with Crippen molar-refractivity contribution in [1.82, 2.24) is 0 Å². The molecule has 0 radical (unpaired) electrons. The molecule has 2 rings (SSSR count). The van der Waals surface area contributed by atoms with Crippen molar-refractivity contribution in [3.63, 3.8) is 0 Å². The Morgan fingerprint density at radius 3 is 2.05 bits per heavy atom. The smallest absolute Gasteiger partial charge is 0.0413 e. The van der Waals surface area contributed by atoms with Crippen molar-refractivity contribution in [3.8, 4) is 0 Å². The summed E-state index contributed by atoms with van der Waals surface area (Å²) in [5, 5.41) is 3.35. The van der Waals surface area contributed by atoms with Crippen molar-refractivity contribution in [2.24, 2.45) is 0 Å². The number of hydrogen-bond donors (Lipinski definition) is 1. The number of aryl methyl sites for hydroxylation is 2. The summed E-state index contributed by atoms with van der Waals surface area (Å²) in [4.78, 5) is 0. The zero-order valence-electron chi connectivity index (χ0n) is 13.0. The van der Waals surface area contributed by atoms with Gasteiger partial charge in [-0.15, -0.1) is 0 Å². The predicted octanol–water partition coefficient (Wildman–Crippen LogP) is 5.80. The molecular weight excluding hydrogens is 242 g/mol. The van der Waals surface area contributed by atoms with Crippen molar-refractivity contribution >= 4 is 11.4 Å². The fourth-order valence-corrected chi connectivity index (χ4v) is 1.70. The second kappa shape index (κ2) is 8.21. The summed E-state index contributed by atoms with van der Waals surface area (Å²) in [7, 11) is 0. The molecule has 0 atom stereocenters. The summed E-state index contributed by atoms with van der Waals surface area (Å²) in [6.07, 6.45) is 1.25. The van der Waals surface area contributed by atoms with Gasteiger partial charge in [0.2, 0.25) is 0 Å². The van der Waals surface area contributed by atoms with Crippen LogP contribution in [0.3, 0.4) is 0 Å². The molecule has 1 nitrogen and oxygen atoms in total. The van der Waals surface area contributed by atoms with Crippen LogP contribution in [-0.2, 0) is 0 Å². The predicted molar refractivity (Wildman–Crippen MR) is 91.0 cm³/mol. The minimum atomic E-state index is 0.930. The molecule has 0 saturated heterocycles. The van der Waals surface area contributed by atoms with Crippen molar-refractivity contribution < 1.29 is 0 Å². The van der Waals surface area contributed by atoms with Crippen molar-refractivity contribution in [2.45, 2.75) is 34.1 Å². The van der Waals surface area contributed by atoms with Crippen LogP contribution in [0.2, 0.25) is 0 Å². The van der Waals surface area contributed by atoms with Crippen LogP contribution < -0.4 is 5.32 Å². The molecule has 0 aliphatic carbocycles. The van der Waals surface area contributed by atoms with E-state index < -0.39 is 0 Å². The Balaban J connectivity index is 0.000000612. The fraction of sp³-hybridized carbons (Fsp3) is 0.263. The van der Waals surface area contributed by atoms with Gasteiger partial charge in [0.1, 0.15) is 0 Å². The Labute approximate surface area is 123 Å². The summed E-state index contributed by atoms with van der Waals surface area (Å²) < 4.78 is 0. The first-order valence-corrected chi connectivity index (χ1v) is 7.17. The van der Waals surface area contributed by atoms with Crippen molar-refractivity contribution in [3.05, 3.63) is 71.8 Å². The highest BCUT2D eigenvalue weighted by Gasteiger charge is 2.01. The Morgan fingerprint density at radius 2 is 1.50 bits per heavy atom. The number of benzene rings is 2. The van der Waals surface area contributed by atoms with E-state index in [1.54, 1.807) is 0 Å². The quantitative estimate of drug-likeness (QED) is 0.740. The normalized spacial score (nSPS) is 9.40. The van der Waals surface area contributed by atoms with Crippen LogP contribution in [0.15, 0.2) is 55.1 Å². The third kappa shape index (κ3) is 4.93. The molecule has 0 amide bonds. The maximum absolute atomic E-state index is 4.08. The molecule has 0 unspecified atom stereocenters. The Bertz CT molecular complexity index is 538. The number of anilines is 1. The van der Waals surface area contributed by atoms with E-state index in [2.05, 4.69) is 76.0 Å². The van der Waals surface area contributed by atoms with Gasteiger partial charge in [-0.05, 0) is 31.0 Å². The van der Waals surface area contributed by atoms with E-state index >= 15 is 0 Å².